The average molecular weight is 269 g/mol. The molecule has 0 heterocycles. The van der Waals surface area contributed by atoms with Crippen molar-refractivity contribution in [3.8, 4) is 0 Å². The van der Waals surface area contributed by atoms with Crippen LogP contribution in [-0.4, -0.2) is 0 Å². The van der Waals surface area contributed by atoms with E-state index in [4.69, 9.17) is 0 Å². The Morgan fingerprint density at radius 2 is 1.57 bits per heavy atom. The van der Waals surface area contributed by atoms with E-state index < -0.39 is 0 Å². The van der Waals surface area contributed by atoms with E-state index in [9.17, 15) is 0 Å². The fourth-order valence-electron chi connectivity index (χ4n) is 1.43. The van der Waals surface area contributed by atoms with Crippen molar-refractivity contribution in [1.82, 2.24) is 0 Å². The fraction of sp³-hybridized carbons (Fsp3) is 0.692. The molecule has 0 aromatic carbocycles. The Labute approximate surface area is 108 Å². The van der Waals surface area contributed by atoms with Gasteiger partial charge in [0.2, 0.25) is 0 Å². The predicted octanol–water partition coefficient (Wildman–Crippen LogP) is 3.99. The van der Waals surface area contributed by atoms with Gasteiger partial charge in [-0.1, -0.05) is 47.5 Å². The molecule has 0 aromatic rings. The van der Waals surface area contributed by atoms with Crippen LogP contribution in [0.2, 0.25) is 0 Å². The fourth-order valence-corrected chi connectivity index (χ4v) is 1.43. The number of rotatable bonds is 0. The first-order valence-corrected chi connectivity index (χ1v) is 5.03. The maximum Gasteiger partial charge on any atom is 0 e. The summed E-state index contributed by atoms with van der Waals surface area (Å²) < 4.78 is 0. The Hall–Kier alpha value is 0.363. The molecule has 0 fully saturated rings. The molecule has 0 nitrogen and oxygen atoms in total. The largest absolute Gasteiger partial charge is 0.265 e. The summed E-state index contributed by atoms with van der Waals surface area (Å²) in [6, 6.07) is 0. The van der Waals surface area contributed by atoms with Crippen LogP contribution in [0.25, 0.3) is 0 Å². The van der Waals surface area contributed by atoms with Crippen LogP contribution in [0.4, 0.5) is 0 Å². The monoisotopic (exact) mass is 267 g/mol. The second-order valence-electron chi connectivity index (χ2n) is 6.01. The van der Waals surface area contributed by atoms with E-state index >= 15 is 0 Å². The molecule has 14 heavy (non-hydrogen) atoms. The van der Waals surface area contributed by atoms with Crippen LogP contribution in [-0.2, 0) is 26.2 Å². The van der Waals surface area contributed by atoms with Crippen molar-refractivity contribution in [2.45, 2.75) is 41.5 Å². The maximum atomic E-state index is 3.58. The first-order valence-electron chi connectivity index (χ1n) is 5.03. The molecule has 0 saturated heterocycles. The van der Waals surface area contributed by atoms with E-state index in [0.29, 0.717) is 11.3 Å². The van der Waals surface area contributed by atoms with E-state index in [1.165, 1.54) is 5.57 Å². The molecule has 0 aliphatic heterocycles. The third kappa shape index (κ3) is 3.50. The Morgan fingerprint density at radius 1 is 1.07 bits per heavy atom. The minimum absolute atomic E-state index is 0. The van der Waals surface area contributed by atoms with Crippen LogP contribution in [0, 0.1) is 22.8 Å². The zero-order valence-electron chi connectivity index (χ0n) is 10.2. The molecule has 0 spiro atoms. The van der Waals surface area contributed by atoms with Gasteiger partial charge in [0.25, 0.3) is 0 Å². The van der Waals surface area contributed by atoms with Crippen molar-refractivity contribution in [3.05, 3.63) is 23.8 Å². The molecule has 1 atom stereocenters. The van der Waals surface area contributed by atoms with Gasteiger partial charge in [0.1, 0.15) is 0 Å². The quantitative estimate of drug-likeness (QED) is 0.583. The van der Waals surface area contributed by atoms with E-state index in [1.807, 2.05) is 0 Å². The zero-order valence-corrected chi connectivity index (χ0v) is 12.7. The van der Waals surface area contributed by atoms with Crippen molar-refractivity contribution in [3.63, 3.8) is 0 Å². The predicted molar refractivity (Wildman–Crippen MR) is 58.3 cm³/mol. The van der Waals surface area contributed by atoms with Crippen molar-refractivity contribution in [2.24, 2.45) is 16.7 Å². The molecule has 0 aromatic heterocycles. The van der Waals surface area contributed by atoms with E-state index in [-0.39, 0.29) is 31.6 Å². The van der Waals surface area contributed by atoms with Gasteiger partial charge in [-0.15, -0.1) is 0 Å². The van der Waals surface area contributed by atoms with Crippen molar-refractivity contribution in [2.75, 3.05) is 0 Å². The van der Waals surface area contributed by atoms with Crippen LogP contribution in [0.3, 0.4) is 0 Å². The second-order valence-corrected chi connectivity index (χ2v) is 6.01. The first-order chi connectivity index (χ1) is 5.71. The van der Waals surface area contributed by atoms with Gasteiger partial charge in [-0.3, -0.25) is 6.08 Å². The van der Waals surface area contributed by atoms with Gasteiger partial charge in [-0.25, -0.2) is 11.6 Å². The van der Waals surface area contributed by atoms with Crippen molar-refractivity contribution >= 4 is 0 Å². The molecule has 0 radical (unpaired) electrons. The van der Waals surface area contributed by atoms with Gasteiger partial charge in [0.05, 0.1) is 0 Å². The van der Waals surface area contributed by atoms with E-state index in [2.05, 4.69) is 59.8 Å². The summed E-state index contributed by atoms with van der Waals surface area (Å²) in [6.45, 7) is 13.5. The third-order valence-corrected chi connectivity index (χ3v) is 2.51. The Morgan fingerprint density at radius 3 is 1.79 bits per heavy atom. The molecule has 0 saturated carbocycles. The van der Waals surface area contributed by atoms with Gasteiger partial charge >= 0.3 is 0 Å². The molecule has 0 amide bonds. The smallest absolute Gasteiger partial charge is 0 e. The standard InChI is InChI=1S/C13H21.Zr/c1-12(2,3)10-7-8-11(9-10)13(4,5)6;/h7-8,10H,1-6H3;/q-1;. The van der Waals surface area contributed by atoms with Gasteiger partial charge in [-0.05, 0) is 10.8 Å². The molecule has 1 heteroatoms. The Bertz CT molecular complexity index is 245. The number of hydrogen-bond acceptors (Lipinski definition) is 0. The van der Waals surface area contributed by atoms with Crippen molar-refractivity contribution in [1.29, 1.82) is 0 Å². The number of hydrogen-bond donors (Lipinski definition) is 0. The van der Waals surface area contributed by atoms with Crippen LogP contribution >= 0.6 is 0 Å². The molecule has 1 unspecified atom stereocenters. The normalized spacial score (nSPS) is 21.9. The van der Waals surface area contributed by atoms with Gasteiger partial charge in [-0.2, -0.15) is 6.08 Å². The van der Waals surface area contributed by atoms with E-state index in [1.54, 1.807) is 0 Å². The molecule has 1 rings (SSSR count). The Balaban J connectivity index is 0.00000169. The van der Waals surface area contributed by atoms with Gasteiger partial charge < -0.3 is 0 Å². The van der Waals surface area contributed by atoms with Crippen LogP contribution in [0.5, 0.6) is 0 Å². The van der Waals surface area contributed by atoms with Crippen LogP contribution < -0.4 is 0 Å². The number of allylic oxidation sites excluding steroid dienone is 4. The minimum Gasteiger partial charge on any atom is -0.265 e. The maximum absolute atomic E-state index is 3.58. The van der Waals surface area contributed by atoms with Gasteiger partial charge in [0, 0.05) is 26.2 Å². The molecule has 0 bridgehead atoms. The topological polar surface area (TPSA) is 0 Å². The van der Waals surface area contributed by atoms with Gasteiger partial charge in [0.15, 0.2) is 0 Å². The van der Waals surface area contributed by atoms with Crippen molar-refractivity contribution < 1.29 is 26.2 Å². The third-order valence-electron chi connectivity index (χ3n) is 2.51. The molecule has 0 N–H and O–H groups in total. The summed E-state index contributed by atoms with van der Waals surface area (Å²) in [6.07, 6.45) is 8.09. The zero-order chi connectivity index (χ0) is 10.3. The Kier molecular flexibility index (Phi) is 4.59. The summed E-state index contributed by atoms with van der Waals surface area (Å²) in [7, 11) is 0. The summed E-state index contributed by atoms with van der Waals surface area (Å²) >= 11 is 0. The molecule has 78 valence electrons. The van der Waals surface area contributed by atoms with E-state index in [0.717, 1.165) is 0 Å². The molecule has 1 aliphatic carbocycles. The summed E-state index contributed by atoms with van der Waals surface area (Å²) in [5.74, 6) is 0.488. The SMILES string of the molecule is CC(C)(C)C1=[C-]C(C(C)(C)C)C=C1.[Zr]. The minimum atomic E-state index is 0. The van der Waals surface area contributed by atoms with Crippen LogP contribution in [0.1, 0.15) is 41.5 Å². The molecular formula is C13H21Zr-. The summed E-state index contributed by atoms with van der Waals surface area (Å²) in [4.78, 5) is 0. The summed E-state index contributed by atoms with van der Waals surface area (Å²) in [5, 5.41) is 0. The average Bonchev–Trinajstić information content (AvgIpc) is 2.28. The summed E-state index contributed by atoms with van der Waals surface area (Å²) in [5.41, 5.74) is 1.91. The first kappa shape index (κ1) is 14.4. The molecular weight excluding hydrogens is 247 g/mol. The van der Waals surface area contributed by atoms with Crippen LogP contribution in [0.15, 0.2) is 17.7 Å². The molecule has 1 aliphatic rings. The second kappa shape index (κ2) is 4.48.